The largest absolute Gasteiger partial charge is 0.417 e. The quantitative estimate of drug-likeness (QED) is 0.811. The minimum absolute atomic E-state index is 0.0109. The molecule has 0 aliphatic rings. The lowest BCUT2D eigenvalue weighted by Gasteiger charge is -2.11. The topological polar surface area (TPSA) is 55.1 Å². The minimum atomic E-state index is -4.49. The molecule has 0 saturated heterocycles. The Labute approximate surface area is 117 Å². The zero-order valence-corrected chi connectivity index (χ0v) is 11.6. The van der Waals surface area contributed by atoms with Gasteiger partial charge in [-0.15, -0.1) is 0 Å². The number of alkyl halides is 3. The Morgan fingerprint density at radius 2 is 2.00 bits per heavy atom. The summed E-state index contributed by atoms with van der Waals surface area (Å²) in [6.07, 6.45) is -3.03. The second-order valence-electron chi connectivity index (χ2n) is 3.94. The normalized spacial score (nSPS) is 11.4. The predicted octanol–water partition coefficient (Wildman–Crippen LogP) is 2.94. The van der Waals surface area contributed by atoms with Gasteiger partial charge < -0.3 is 11.1 Å². The van der Waals surface area contributed by atoms with Crippen molar-refractivity contribution in [2.75, 3.05) is 13.1 Å². The lowest BCUT2D eigenvalue weighted by Crippen LogP contribution is -2.25. The van der Waals surface area contributed by atoms with Gasteiger partial charge in [-0.25, -0.2) is 0 Å². The molecule has 1 aromatic carbocycles. The molecule has 1 rings (SSSR count). The van der Waals surface area contributed by atoms with E-state index in [1.54, 1.807) is 0 Å². The van der Waals surface area contributed by atoms with Gasteiger partial charge in [-0.05, 0) is 37.6 Å². The van der Waals surface area contributed by atoms with Crippen LogP contribution in [0.1, 0.15) is 28.8 Å². The SMILES string of the molecule is NCCCCNC(=O)c1ccc(Br)c(C(F)(F)F)c1. The fourth-order valence-corrected chi connectivity index (χ4v) is 1.93. The summed E-state index contributed by atoms with van der Waals surface area (Å²) in [6, 6.07) is 3.40. The molecule has 0 bridgehead atoms. The van der Waals surface area contributed by atoms with Crippen molar-refractivity contribution in [2.45, 2.75) is 19.0 Å². The number of nitrogens with one attached hydrogen (secondary N) is 1. The Balaban J connectivity index is 2.76. The van der Waals surface area contributed by atoms with Gasteiger partial charge in [-0.3, -0.25) is 4.79 Å². The molecule has 1 aromatic rings. The molecule has 1 amide bonds. The molecule has 0 fully saturated rings. The van der Waals surface area contributed by atoms with Crippen molar-refractivity contribution < 1.29 is 18.0 Å². The fraction of sp³-hybridized carbons (Fsp3) is 0.417. The highest BCUT2D eigenvalue weighted by Gasteiger charge is 2.33. The summed E-state index contributed by atoms with van der Waals surface area (Å²) in [5.41, 5.74) is 4.43. The van der Waals surface area contributed by atoms with E-state index in [1.807, 2.05) is 0 Å². The molecule has 0 atom stereocenters. The van der Waals surface area contributed by atoms with E-state index in [-0.39, 0.29) is 10.0 Å². The first-order chi connectivity index (χ1) is 8.86. The van der Waals surface area contributed by atoms with Gasteiger partial charge in [-0.2, -0.15) is 13.2 Å². The summed E-state index contributed by atoms with van der Waals surface area (Å²) >= 11 is 2.82. The zero-order chi connectivity index (χ0) is 14.5. The average molecular weight is 339 g/mol. The predicted molar refractivity (Wildman–Crippen MR) is 69.8 cm³/mol. The van der Waals surface area contributed by atoms with Crippen LogP contribution in [0.25, 0.3) is 0 Å². The van der Waals surface area contributed by atoms with E-state index in [2.05, 4.69) is 21.2 Å². The number of nitrogens with two attached hydrogens (primary N) is 1. The number of hydrogen-bond donors (Lipinski definition) is 2. The van der Waals surface area contributed by atoms with Crippen molar-refractivity contribution >= 4 is 21.8 Å². The van der Waals surface area contributed by atoms with Gasteiger partial charge in [0.2, 0.25) is 0 Å². The first-order valence-corrected chi connectivity index (χ1v) is 6.50. The van der Waals surface area contributed by atoms with Gasteiger partial charge in [-0.1, -0.05) is 15.9 Å². The highest BCUT2D eigenvalue weighted by molar-refractivity contribution is 9.10. The monoisotopic (exact) mass is 338 g/mol. The number of rotatable bonds is 5. The molecule has 0 spiro atoms. The van der Waals surface area contributed by atoms with Crippen molar-refractivity contribution in [2.24, 2.45) is 5.73 Å². The van der Waals surface area contributed by atoms with E-state index in [9.17, 15) is 18.0 Å². The Bertz CT molecular complexity index is 449. The number of benzene rings is 1. The van der Waals surface area contributed by atoms with Crippen LogP contribution < -0.4 is 11.1 Å². The Kier molecular flexibility index (Phi) is 5.81. The Morgan fingerprint density at radius 1 is 1.32 bits per heavy atom. The van der Waals surface area contributed by atoms with Crippen LogP contribution in [0.4, 0.5) is 13.2 Å². The van der Waals surface area contributed by atoms with Crippen LogP contribution in [0, 0.1) is 0 Å². The molecule has 3 N–H and O–H groups in total. The summed E-state index contributed by atoms with van der Waals surface area (Å²) in [7, 11) is 0. The van der Waals surface area contributed by atoms with Crippen LogP contribution in [-0.2, 0) is 6.18 Å². The molecule has 0 unspecified atom stereocenters. The third-order valence-electron chi connectivity index (χ3n) is 2.45. The number of carbonyl (C=O) groups is 1. The highest BCUT2D eigenvalue weighted by Crippen LogP contribution is 2.35. The first kappa shape index (κ1) is 16.0. The fourth-order valence-electron chi connectivity index (χ4n) is 1.46. The van der Waals surface area contributed by atoms with E-state index >= 15 is 0 Å². The Hall–Kier alpha value is -1.08. The molecule has 3 nitrogen and oxygen atoms in total. The highest BCUT2D eigenvalue weighted by atomic mass is 79.9. The van der Waals surface area contributed by atoms with E-state index in [0.717, 1.165) is 12.5 Å². The minimum Gasteiger partial charge on any atom is -0.352 e. The van der Waals surface area contributed by atoms with E-state index in [4.69, 9.17) is 5.73 Å². The summed E-state index contributed by atoms with van der Waals surface area (Å²) in [6.45, 7) is 0.916. The lowest BCUT2D eigenvalue weighted by molar-refractivity contribution is -0.138. The number of amides is 1. The molecule has 106 valence electrons. The van der Waals surface area contributed by atoms with E-state index in [0.29, 0.717) is 19.5 Å². The van der Waals surface area contributed by atoms with Crippen molar-refractivity contribution in [3.05, 3.63) is 33.8 Å². The van der Waals surface area contributed by atoms with Gasteiger partial charge in [0.1, 0.15) is 0 Å². The van der Waals surface area contributed by atoms with Crippen molar-refractivity contribution in [1.82, 2.24) is 5.32 Å². The smallest absolute Gasteiger partial charge is 0.352 e. The van der Waals surface area contributed by atoms with Gasteiger partial charge >= 0.3 is 6.18 Å². The van der Waals surface area contributed by atoms with Gasteiger partial charge in [0.15, 0.2) is 0 Å². The third kappa shape index (κ3) is 4.83. The van der Waals surface area contributed by atoms with Crippen molar-refractivity contribution in [3.63, 3.8) is 0 Å². The van der Waals surface area contributed by atoms with Crippen LogP contribution in [0.5, 0.6) is 0 Å². The second kappa shape index (κ2) is 6.91. The number of unbranched alkanes of at least 4 members (excludes halogenated alkanes) is 1. The molecule has 0 saturated carbocycles. The maximum absolute atomic E-state index is 12.7. The van der Waals surface area contributed by atoms with Crippen LogP contribution in [0.2, 0.25) is 0 Å². The maximum atomic E-state index is 12.7. The number of carbonyl (C=O) groups excluding carboxylic acids is 1. The second-order valence-corrected chi connectivity index (χ2v) is 4.80. The molecule has 0 aliphatic carbocycles. The van der Waals surface area contributed by atoms with Crippen LogP contribution in [0.15, 0.2) is 22.7 Å². The van der Waals surface area contributed by atoms with E-state index in [1.165, 1.54) is 12.1 Å². The average Bonchev–Trinajstić information content (AvgIpc) is 2.33. The molecule has 0 radical (unpaired) electrons. The molecule has 7 heteroatoms. The van der Waals surface area contributed by atoms with Crippen LogP contribution in [-0.4, -0.2) is 19.0 Å². The molecular formula is C12H14BrF3N2O. The number of hydrogen-bond acceptors (Lipinski definition) is 2. The number of halogens is 4. The standard InChI is InChI=1S/C12H14BrF3N2O/c13-10-4-3-8(7-9(10)12(14,15)16)11(19)18-6-2-1-5-17/h3-4,7H,1-2,5-6,17H2,(H,18,19). The molecular weight excluding hydrogens is 325 g/mol. The summed E-state index contributed by atoms with van der Waals surface area (Å²) < 4.78 is 37.9. The zero-order valence-electron chi connectivity index (χ0n) is 10.1. The molecule has 0 aromatic heterocycles. The van der Waals surface area contributed by atoms with Crippen LogP contribution >= 0.6 is 15.9 Å². The lowest BCUT2D eigenvalue weighted by atomic mass is 10.1. The first-order valence-electron chi connectivity index (χ1n) is 5.71. The summed E-state index contributed by atoms with van der Waals surface area (Å²) in [4.78, 5) is 11.7. The summed E-state index contributed by atoms with van der Waals surface area (Å²) in [5.74, 6) is -0.518. The third-order valence-corrected chi connectivity index (χ3v) is 3.14. The summed E-state index contributed by atoms with van der Waals surface area (Å²) in [5, 5.41) is 2.55. The molecule has 0 heterocycles. The maximum Gasteiger partial charge on any atom is 0.417 e. The Morgan fingerprint density at radius 3 is 2.58 bits per heavy atom. The van der Waals surface area contributed by atoms with Gasteiger partial charge in [0.05, 0.1) is 5.56 Å². The van der Waals surface area contributed by atoms with E-state index < -0.39 is 17.6 Å². The van der Waals surface area contributed by atoms with Crippen LogP contribution in [0.3, 0.4) is 0 Å². The van der Waals surface area contributed by atoms with Gasteiger partial charge in [0, 0.05) is 16.6 Å². The molecule has 19 heavy (non-hydrogen) atoms. The van der Waals surface area contributed by atoms with Gasteiger partial charge in [0.25, 0.3) is 5.91 Å². The van der Waals surface area contributed by atoms with Crippen molar-refractivity contribution in [1.29, 1.82) is 0 Å². The van der Waals surface area contributed by atoms with Crippen molar-refractivity contribution in [3.8, 4) is 0 Å². The molecule has 0 aliphatic heterocycles.